The van der Waals surface area contributed by atoms with E-state index in [2.05, 4.69) is 64.1 Å². The van der Waals surface area contributed by atoms with Crippen molar-refractivity contribution in [2.75, 3.05) is 0 Å². The lowest BCUT2D eigenvalue weighted by molar-refractivity contribution is 0.479. The van der Waals surface area contributed by atoms with Crippen LogP contribution in [0.15, 0.2) is 42.5 Å². The van der Waals surface area contributed by atoms with Gasteiger partial charge in [0.1, 0.15) is 5.75 Å². The van der Waals surface area contributed by atoms with Crippen LogP contribution in [0.2, 0.25) is 0 Å². The molecule has 1 aliphatic rings. The molecule has 0 aliphatic heterocycles. The van der Waals surface area contributed by atoms with Gasteiger partial charge >= 0.3 is 0 Å². The standard InChI is InChI=1S/C21H20O/c1-12-9-13(2)19-15(10-12)20-14-7-5-6-8-16(14)21(3,4)17(20)11-18(19)22/h5-11,22H,1-4H3. The van der Waals surface area contributed by atoms with Crippen molar-refractivity contribution in [2.24, 2.45) is 0 Å². The van der Waals surface area contributed by atoms with Gasteiger partial charge in [-0.1, -0.05) is 55.8 Å². The summed E-state index contributed by atoms with van der Waals surface area (Å²) < 4.78 is 0. The van der Waals surface area contributed by atoms with Gasteiger partial charge < -0.3 is 5.11 Å². The topological polar surface area (TPSA) is 20.2 Å². The number of aromatic hydroxyl groups is 1. The molecule has 0 saturated heterocycles. The van der Waals surface area contributed by atoms with E-state index in [1.165, 1.54) is 33.2 Å². The molecule has 1 heteroatoms. The number of phenolic OH excluding ortho intramolecular Hbond substituents is 1. The third-order valence-corrected chi connectivity index (χ3v) is 5.10. The Balaban J connectivity index is 2.27. The smallest absolute Gasteiger partial charge is 0.124 e. The van der Waals surface area contributed by atoms with E-state index in [4.69, 9.17) is 0 Å². The van der Waals surface area contributed by atoms with Gasteiger partial charge in [-0.05, 0) is 53.1 Å². The van der Waals surface area contributed by atoms with Crippen LogP contribution in [0.1, 0.15) is 36.1 Å². The second-order valence-corrected chi connectivity index (χ2v) is 6.99. The number of phenols is 1. The molecule has 22 heavy (non-hydrogen) atoms. The zero-order valence-electron chi connectivity index (χ0n) is 13.5. The van der Waals surface area contributed by atoms with Gasteiger partial charge in [-0.2, -0.15) is 0 Å². The van der Waals surface area contributed by atoms with Crippen LogP contribution in [0.4, 0.5) is 0 Å². The number of hydrogen-bond donors (Lipinski definition) is 1. The van der Waals surface area contributed by atoms with E-state index in [1.54, 1.807) is 0 Å². The van der Waals surface area contributed by atoms with Gasteiger partial charge in [-0.15, -0.1) is 0 Å². The Morgan fingerprint density at radius 2 is 1.64 bits per heavy atom. The molecule has 4 rings (SSSR count). The second-order valence-electron chi connectivity index (χ2n) is 6.99. The normalized spacial score (nSPS) is 14.9. The fourth-order valence-electron chi connectivity index (χ4n) is 4.11. The fourth-order valence-corrected chi connectivity index (χ4v) is 4.11. The predicted molar refractivity (Wildman–Crippen MR) is 92.7 cm³/mol. The van der Waals surface area contributed by atoms with Gasteiger partial charge in [0.15, 0.2) is 0 Å². The third-order valence-electron chi connectivity index (χ3n) is 5.10. The molecule has 0 spiro atoms. The Hall–Kier alpha value is -2.28. The molecule has 3 aromatic carbocycles. The lowest BCUT2D eigenvalue weighted by Crippen LogP contribution is -2.14. The third kappa shape index (κ3) is 1.54. The van der Waals surface area contributed by atoms with Crippen molar-refractivity contribution in [3.05, 3.63) is 64.7 Å². The van der Waals surface area contributed by atoms with E-state index in [9.17, 15) is 5.11 Å². The molecular weight excluding hydrogens is 268 g/mol. The monoisotopic (exact) mass is 288 g/mol. The molecule has 3 aromatic rings. The summed E-state index contributed by atoms with van der Waals surface area (Å²) >= 11 is 0. The van der Waals surface area contributed by atoms with Gasteiger partial charge in [-0.25, -0.2) is 0 Å². The molecule has 110 valence electrons. The maximum atomic E-state index is 10.6. The fraction of sp³-hybridized carbons (Fsp3) is 0.238. The molecule has 0 atom stereocenters. The van der Waals surface area contributed by atoms with Crippen LogP contribution in [0.5, 0.6) is 5.75 Å². The van der Waals surface area contributed by atoms with Crippen LogP contribution in [0, 0.1) is 13.8 Å². The molecule has 0 heterocycles. The van der Waals surface area contributed by atoms with E-state index in [-0.39, 0.29) is 5.41 Å². The average molecular weight is 288 g/mol. The average Bonchev–Trinajstić information content (AvgIpc) is 2.67. The Labute approximate surface area is 131 Å². The number of hydrogen-bond acceptors (Lipinski definition) is 1. The Kier molecular flexibility index (Phi) is 2.51. The quantitative estimate of drug-likeness (QED) is 0.581. The Morgan fingerprint density at radius 3 is 2.41 bits per heavy atom. The minimum Gasteiger partial charge on any atom is -0.507 e. The predicted octanol–water partition coefficient (Wildman–Crippen LogP) is 5.47. The minimum atomic E-state index is -0.0742. The van der Waals surface area contributed by atoms with Crippen LogP contribution in [0.25, 0.3) is 21.9 Å². The highest BCUT2D eigenvalue weighted by Gasteiger charge is 2.37. The highest BCUT2D eigenvalue weighted by molar-refractivity contribution is 6.06. The maximum absolute atomic E-state index is 10.6. The van der Waals surface area contributed by atoms with Crippen molar-refractivity contribution in [1.29, 1.82) is 0 Å². The van der Waals surface area contributed by atoms with Crippen LogP contribution in [0.3, 0.4) is 0 Å². The SMILES string of the molecule is Cc1cc(C)c2c(O)cc3c(c2c1)-c1ccccc1C3(C)C. The highest BCUT2D eigenvalue weighted by Crippen LogP contribution is 2.53. The first-order chi connectivity index (χ1) is 10.4. The van der Waals surface area contributed by atoms with Crippen molar-refractivity contribution in [3.63, 3.8) is 0 Å². The van der Waals surface area contributed by atoms with Crippen LogP contribution < -0.4 is 0 Å². The molecule has 1 nitrogen and oxygen atoms in total. The van der Waals surface area contributed by atoms with E-state index < -0.39 is 0 Å². The van der Waals surface area contributed by atoms with Crippen molar-refractivity contribution in [1.82, 2.24) is 0 Å². The van der Waals surface area contributed by atoms with E-state index in [1.807, 2.05) is 6.07 Å². The van der Waals surface area contributed by atoms with Gasteiger partial charge in [0.05, 0.1) is 0 Å². The van der Waals surface area contributed by atoms with Gasteiger partial charge in [0.25, 0.3) is 0 Å². The van der Waals surface area contributed by atoms with Crippen molar-refractivity contribution < 1.29 is 5.11 Å². The summed E-state index contributed by atoms with van der Waals surface area (Å²) in [6.07, 6.45) is 0. The molecule has 0 bridgehead atoms. The summed E-state index contributed by atoms with van der Waals surface area (Å²) in [6.45, 7) is 8.68. The first kappa shape index (κ1) is 13.4. The molecule has 0 unspecified atom stereocenters. The second kappa shape index (κ2) is 4.13. The molecular formula is C21H20O. The van der Waals surface area contributed by atoms with E-state index >= 15 is 0 Å². The van der Waals surface area contributed by atoms with E-state index in [0.29, 0.717) is 5.75 Å². The highest BCUT2D eigenvalue weighted by atomic mass is 16.3. The molecule has 1 aliphatic carbocycles. The molecule has 0 saturated carbocycles. The minimum absolute atomic E-state index is 0.0742. The lowest BCUT2D eigenvalue weighted by Gasteiger charge is -2.22. The largest absolute Gasteiger partial charge is 0.507 e. The summed E-state index contributed by atoms with van der Waals surface area (Å²) in [7, 11) is 0. The molecule has 0 aromatic heterocycles. The summed E-state index contributed by atoms with van der Waals surface area (Å²) in [5, 5.41) is 12.8. The Bertz CT molecular complexity index is 932. The molecule has 0 radical (unpaired) electrons. The summed E-state index contributed by atoms with van der Waals surface area (Å²) in [5.74, 6) is 0.395. The number of aryl methyl sites for hydroxylation is 2. The van der Waals surface area contributed by atoms with Crippen molar-refractivity contribution in [3.8, 4) is 16.9 Å². The summed E-state index contributed by atoms with van der Waals surface area (Å²) in [5.41, 5.74) is 7.46. The molecule has 1 N–H and O–H groups in total. The van der Waals surface area contributed by atoms with E-state index in [0.717, 1.165) is 10.9 Å². The van der Waals surface area contributed by atoms with Gasteiger partial charge in [0, 0.05) is 10.8 Å². The van der Waals surface area contributed by atoms with Gasteiger partial charge in [0.2, 0.25) is 0 Å². The number of fused-ring (bicyclic) bond motifs is 5. The Morgan fingerprint density at radius 1 is 0.909 bits per heavy atom. The van der Waals surface area contributed by atoms with Crippen molar-refractivity contribution >= 4 is 10.8 Å². The summed E-state index contributed by atoms with van der Waals surface area (Å²) in [6, 6.07) is 14.9. The van der Waals surface area contributed by atoms with Gasteiger partial charge in [-0.3, -0.25) is 0 Å². The first-order valence-corrected chi connectivity index (χ1v) is 7.78. The number of benzene rings is 3. The molecule has 0 fully saturated rings. The first-order valence-electron chi connectivity index (χ1n) is 7.78. The molecule has 0 amide bonds. The van der Waals surface area contributed by atoms with Crippen LogP contribution in [-0.2, 0) is 5.41 Å². The van der Waals surface area contributed by atoms with Crippen LogP contribution in [-0.4, -0.2) is 5.11 Å². The lowest BCUT2D eigenvalue weighted by atomic mass is 9.81. The van der Waals surface area contributed by atoms with Crippen molar-refractivity contribution in [2.45, 2.75) is 33.1 Å². The number of rotatable bonds is 0. The summed E-state index contributed by atoms with van der Waals surface area (Å²) in [4.78, 5) is 0. The zero-order valence-corrected chi connectivity index (χ0v) is 13.5. The van der Waals surface area contributed by atoms with Crippen LogP contribution >= 0.6 is 0 Å². The zero-order chi connectivity index (χ0) is 15.6. The maximum Gasteiger partial charge on any atom is 0.124 e.